The van der Waals surface area contributed by atoms with Crippen LogP contribution in [-0.2, 0) is 14.1 Å². The van der Waals surface area contributed by atoms with Gasteiger partial charge in [0.25, 0.3) is 5.56 Å². The van der Waals surface area contributed by atoms with Crippen molar-refractivity contribution in [3.05, 3.63) is 85.6 Å². The first-order valence-electron chi connectivity index (χ1n) is 10.1. The zero-order chi connectivity index (χ0) is 22.7. The number of Topliss-reactive ketones (excluding diaryl/α,β-unsaturated/α-hetero) is 1. The third kappa shape index (κ3) is 2.55. The molecule has 2 heterocycles. The van der Waals surface area contributed by atoms with E-state index in [1.807, 2.05) is 24.3 Å². The van der Waals surface area contributed by atoms with Crippen molar-refractivity contribution in [2.75, 3.05) is 14.2 Å². The minimum atomic E-state index is -0.678. The first-order valence-corrected chi connectivity index (χ1v) is 10.1. The molecular weight excluding hydrogens is 410 g/mol. The lowest BCUT2D eigenvalue weighted by Crippen LogP contribution is -2.43. The van der Waals surface area contributed by atoms with Gasteiger partial charge in [0, 0.05) is 31.1 Å². The highest BCUT2D eigenvalue weighted by Gasteiger charge is 2.47. The van der Waals surface area contributed by atoms with Gasteiger partial charge >= 0.3 is 5.69 Å². The smallest absolute Gasteiger partial charge is 0.332 e. The number of methoxy groups -OCH3 is 2. The molecule has 32 heavy (non-hydrogen) atoms. The molecule has 1 aliphatic heterocycles. The maximum absolute atomic E-state index is 13.5. The van der Waals surface area contributed by atoms with Crippen molar-refractivity contribution in [1.29, 1.82) is 0 Å². The topological polar surface area (TPSA) is 91.9 Å². The molecule has 2 aliphatic rings. The summed E-state index contributed by atoms with van der Waals surface area (Å²) in [6.07, 6.45) is 0. The van der Waals surface area contributed by atoms with Crippen LogP contribution < -0.4 is 20.7 Å². The molecule has 0 fully saturated rings. The quantitative estimate of drug-likeness (QED) is 0.634. The van der Waals surface area contributed by atoms with Gasteiger partial charge in [-0.3, -0.25) is 18.7 Å². The number of fused-ring (bicyclic) bond motifs is 4. The summed E-state index contributed by atoms with van der Waals surface area (Å²) in [5, 5.41) is 0. The number of nitrogens with zero attached hydrogens (tertiary/aromatic N) is 3. The molecule has 1 aliphatic carbocycles. The van der Waals surface area contributed by atoms with Gasteiger partial charge < -0.3 is 9.47 Å². The molecule has 3 aromatic rings. The lowest BCUT2D eigenvalue weighted by atomic mass is 9.76. The van der Waals surface area contributed by atoms with Crippen molar-refractivity contribution in [1.82, 2.24) is 9.13 Å². The Balaban J connectivity index is 1.87. The zero-order valence-corrected chi connectivity index (χ0v) is 18.1. The zero-order valence-electron chi connectivity index (χ0n) is 18.1. The fraction of sp³-hybridized carbons (Fsp3) is 0.250. The van der Waals surface area contributed by atoms with Crippen molar-refractivity contribution < 1.29 is 14.3 Å². The molecule has 0 N–H and O–H groups in total. The first-order chi connectivity index (χ1) is 15.4. The Morgan fingerprint density at radius 3 is 2.22 bits per heavy atom. The highest BCUT2D eigenvalue weighted by atomic mass is 16.5. The Morgan fingerprint density at radius 2 is 1.53 bits per heavy atom. The number of benzene rings is 2. The summed E-state index contributed by atoms with van der Waals surface area (Å²) in [5.74, 6) is -0.115. The molecule has 2 unspecified atom stereocenters. The van der Waals surface area contributed by atoms with E-state index < -0.39 is 23.1 Å². The van der Waals surface area contributed by atoms with Gasteiger partial charge in [0.15, 0.2) is 17.3 Å². The Morgan fingerprint density at radius 1 is 0.844 bits per heavy atom. The molecule has 1 aromatic heterocycles. The van der Waals surface area contributed by atoms with E-state index in [1.54, 1.807) is 32.4 Å². The maximum Gasteiger partial charge on any atom is 0.332 e. The monoisotopic (exact) mass is 431 g/mol. The second kappa shape index (κ2) is 7.05. The van der Waals surface area contributed by atoms with E-state index in [4.69, 9.17) is 14.5 Å². The van der Waals surface area contributed by atoms with Crippen molar-refractivity contribution in [2.45, 2.75) is 5.92 Å². The van der Waals surface area contributed by atoms with Gasteiger partial charge in [-0.1, -0.05) is 30.3 Å². The predicted molar refractivity (Wildman–Crippen MR) is 119 cm³/mol. The van der Waals surface area contributed by atoms with E-state index >= 15 is 0 Å². The molecule has 162 valence electrons. The normalized spacial score (nSPS) is 18.5. The lowest BCUT2D eigenvalue weighted by molar-refractivity contribution is 0.0953. The SMILES string of the molecule is COc1ccc(C2c3c(n(C)c(=O)n(C)c3=O)N=C3c4ccccc4C(=O)C32)cc1OC. The number of carbonyl (C=O) groups is 1. The Labute approximate surface area is 183 Å². The molecule has 2 aromatic carbocycles. The fourth-order valence-electron chi connectivity index (χ4n) is 4.77. The number of carbonyl (C=O) groups excluding carboxylic acids is 1. The molecule has 0 saturated heterocycles. The highest BCUT2D eigenvalue weighted by Crippen LogP contribution is 2.47. The summed E-state index contributed by atoms with van der Waals surface area (Å²) in [5.41, 5.74) is 1.95. The molecule has 8 heteroatoms. The van der Waals surface area contributed by atoms with E-state index in [9.17, 15) is 14.4 Å². The van der Waals surface area contributed by atoms with E-state index in [2.05, 4.69) is 0 Å². The lowest BCUT2D eigenvalue weighted by Gasteiger charge is -2.30. The molecule has 0 radical (unpaired) electrons. The van der Waals surface area contributed by atoms with E-state index in [0.29, 0.717) is 33.9 Å². The fourth-order valence-corrected chi connectivity index (χ4v) is 4.77. The van der Waals surface area contributed by atoms with E-state index in [1.165, 1.54) is 18.7 Å². The van der Waals surface area contributed by atoms with Crippen molar-refractivity contribution >= 4 is 17.3 Å². The van der Waals surface area contributed by atoms with Gasteiger partial charge in [-0.2, -0.15) is 0 Å². The average Bonchev–Trinajstić information content (AvgIpc) is 3.11. The van der Waals surface area contributed by atoms with Gasteiger partial charge in [0.1, 0.15) is 5.82 Å². The molecule has 0 bridgehead atoms. The summed E-state index contributed by atoms with van der Waals surface area (Å²) in [6, 6.07) is 12.6. The molecule has 0 amide bonds. The number of hydrogen-bond acceptors (Lipinski definition) is 6. The van der Waals surface area contributed by atoms with Crippen LogP contribution >= 0.6 is 0 Å². The van der Waals surface area contributed by atoms with Crippen molar-refractivity contribution in [3.63, 3.8) is 0 Å². The predicted octanol–water partition coefficient (Wildman–Crippen LogP) is 2.18. The van der Waals surface area contributed by atoms with Gasteiger partial charge in [-0.15, -0.1) is 0 Å². The highest BCUT2D eigenvalue weighted by molar-refractivity contribution is 6.30. The van der Waals surface area contributed by atoms with Crippen LogP contribution in [0.4, 0.5) is 5.82 Å². The van der Waals surface area contributed by atoms with Crippen LogP contribution in [0, 0.1) is 5.92 Å². The van der Waals surface area contributed by atoms with Gasteiger partial charge in [0.2, 0.25) is 0 Å². The van der Waals surface area contributed by atoms with Gasteiger partial charge in [-0.25, -0.2) is 9.79 Å². The van der Waals surface area contributed by atoms with E-state index in [-0.39, 0.29) is 11.6 Å². The summed E-state index contributed by atoms with van der Waals surface area (Å²) >= 11 is 0. The molecule has 2 atom stereocenters. The number of aromatic nitrogens is 2. The summed E-state index contributed by atoms with van der Waals surface area (Å²) in [4.78, 5) is 44.2. The summed E-state index contributed by atoms with van der Waals surface area (Å²) in [7, 11) is 6.09. The Kier molecular flexibility index (Phi) is 4.40. The summed E-state index contributed by atoms with van der Waals surface area (Å²) < 4.78 is 13.2. The second-order valence-corrected chi connectivity index (χ2v) is 7.92. The summed E-state index contributed by atoms with van der Waals surface area (Å²) in [6.45, 7) is 0. The molecule has 0 saturated carbocycles. The van der Waals surface area contributed by atoms with Crippen LogP contribution in [0.25, 0.3) is 0 Å². The number of hydrogen-bond donors (Lipinski definition) is 0. The van der Waals surface area contributed by atoms with Crippen LogP contribution in [0.1, 0.15) is 33.0 Å². The number of aliphatic imine (C=N–C) groups is 1. The van der Waals surface area contributed by atoms with Crippen LogP contribution in [0.3, 0.4) is 0 Å². The third-order valence-corrected chi connectivity index (χ3v) is 6.35. The molecule has 8 nitrogen and oxygen atoms in total. The van der Waals surface area contributed by atoms with Crippen LogP contribution in [0.5, 0.6) is 11.5 Å². The van der Waals surface area contributed by atoms with Crippen LogP contribution in [-0.4, -0.2) is 34.8 Å². The third-order valence-electron chi connectivity index (χ3n) is 6.35. The van der Waals surface area contributed by atoms with Crippen LogP contribution in [0.15, 0.2) is 57.0 Å². The van der Waals surface area contributed by atoms with Crippen LogP contribution in [0.2, 0.25) is 0 Å². The Hall–Kier alpha value is -3.94. The first kappa shape index (κ1) is 20.0. The Bertz CT molecular complexity index is 1450. The largest absolute Gasteiger partial charge is 0.493 e. The molecule has 5 rings (SSSR count). The van der Waals surface area contributed by atoms with Crippen molar-refractivity contribution in [3.8, 4) is 11.5 Å². The van der Waals surface area contributed by atoms with Crippen molar-refractivity contribution in [2.24, 2.45) is 25.0 Å². The van der Waals surface area contributed by atoms with Gasteiger partial charge in [-0.05, 0) is 17.7 Å². The van der Waals surface area contributed by atoms with E-state index in [0.717, 1.165) is 10.1 Å². The molecule has 0 spiro atoms. The second-order valence-electron chi connectivity index (χ2n) is 7.92. The van der Waals surface area contributed by atoms with Gasteiger partial charge in [0.05, 0.1) is 31.4 Å². The molecular formula is C24H21N3O5. The maximum atomic E-state index is 13.5. The number of rotatable bonds is 3. The minimum Gasteiger partial charge on any atom is -0.493 e. The number of ether oxygens (including phenoxy) is 2. The average molecular weight is 431 g/mol. The minimum absolute atomic E-state index is 0.0966. The number of ketones is 1. The standard InChI is InChI=1S/C24H21N3O5/c1-26-22-19(23(29)27(2)24(26)30)17(12-9-10-15(31-3)16(11-12)32-4)18-20(25-22)13-7-5-6-8-14(13)21(18)28/h5-11,17-18H,1-4H3.